The number of hydrogen-bond donors (Lipinski definition) is 1. The molecular formula is C15H22BrNO3. The van der Waals surface area contributed by atoms with Crippen LogP contribution in [0.25, 0.3) is 0 Å². The molecule has 1 N–H and O–H groups in total. The Morgan fingerprint density at radius 1 is 1.15 bits per heavy atom. The molecule has 4 nitrogen and oxygen atoms in total. The van der Waals surface area contributed by atoms with Gasteiger partial charge in [-0.1, -0.05) is 22.9 Å². The van der Waals surface area contributed by atoms with Gasteiger partial charge in [0.1, 0.15) is 13.2 Å². The Bertz CT molecular complexity index is 426. The van der Waals surface area contributed by atoms with Crippen LogP contribution in [0.15, 0.2) is 16.6 Å². The molecule has 0 atom stereocenters. The lowest BCUT2D eigenvalue weighted by atomic mass is 10.1. The fourth-order valence-corrected chi connectivity index (χ4v) is 2.55. The third kappa shape index (κ3) is 4.65. The lowest BCUT2D eigenvalue weighted by molar-refractivity contribution is 0.138. The second-order valence-electron chi connectivity index (χ2n) is 4.70. The summed E-state index contributed by atoms with van der Waals surface area (Å²) >= 11 is 3.58. The minimum atomic E-state index is 0.618. The first-order chi connectivity index (χ1) is 9.81. The summed E-state index contributed by atoms with van der Waals surface area (Å²) in [6.07, 6.45) is 2.02. The van der Waals surface area contributed by atoms with Crippen LogP contribution in [-0.2, 0) is 11.2 Å². The molecule has 0 saturated carbocycles. The van der Waals surface area contributed by atoms with E-state index in [4.69, 9.17) is 14.2 Å². The largest absolute Gasteiger partial charge is 0.486 e. The molecule has 112 valence electrons. The molecule has 20 heavy (non-hydrogen) atoms. The fraction of sp³-hybridized carbons (Fsp3) is 0.600. The van der Waals surface area contributed by atoms with E-state index in [1.54, 1.807) is 0 Å². The van der Waals surface area contributed by atoms with Crippen molar-refractivity contribution in [3.05, 3.63) is 22.2 Å². The van der Waals surface area contributed by atoms with Gasteiger partial charge in [-0.15, -0.1) is 0 Å². The number of benzene rings is 1. The number of nitrogens with one attached hydrogen (secondary N) is 1. The van der Waals surface area contributed by atoms with Gasteiger partial charge in [-0.25, -0.2) is 0 Å². The van der Waals surface area contributed by atoms with E-state index in [9.17, 15) is 0 Å². The van der Waals surface area contributed by atoms with Crippen LogP contribution in [0.4, 0.5) is 0 Å². The third-order valence-electron chi connectivity index (χ3n) is 3.08. The predicted octanol–water partition coefficient (Wildman–Crippen LogP) is 2.78. The number of ether oxygens (including phenoxy) is 3. The first-order valence-electron chi connectivity index (χ1n) is 7.17. The van der Waals surface area contributed by atoms with Crippen molar-refractivity contribution in [2.75, 3.05) is 39.5 Å². The Labute approximate surface area is 128 Å². The third-order valence-corrected chi connectivity index (χ3v) is 3.82. The van der Waals surface area contributed by atoms with Gasteiger partial charge < -0.3 is 19.5 Å². The van der Waals surface area contributed by atoms with E-state index in [2.05, 4.69) is 28.2 Å². The minimum absolute atomic E-state index is 0.618. The smallest absolute Gasteiger partial charge is 0.162 e. The van der Waals surface area contributed by atoms with Crippen LogP contribution in [0.1, 0.15) is 18.9 Å². The number of hydrogen-bond acceptors (Lipinski definition) is 4. The second-order valence-corrected chi connectivity index (χ2v) is 5.55. The molecular weight excluding hydrogens is 322 g/mol. The van der Waals surface area contributed by atoms with E-state index >= 15 is 0 Å². The summed E-state index contributed by atoms with van der Waals surface area (Å²) in [5, 5.41) is 3.32. The molecule has 0 radical (unpaired) electrons. The highest BCUT2D eigenvalue weighted by atomic mass is 79.9. The van der Waals surface area contributed by atoms with Crippen molar-refractivity contribution < 1.29 is 14.2 Å². The Hall–Kier alpha value is -0.780. The van der Waals surface area contributed by atoms with Gasteiger partial charge in [-0.3, -0.25) is 0 Å². The van der Waals surface area contributed by atoms with Gasteiger partial charge in [0.2, 0.25) is 0 Å². The van der Waals surface area contributed by atoms with Crippen LogP contribution in [0.2, 0.25) is 0 Å². The standard InChI is InChI=1S/C15H22BrNO3/c1-2-4-17-5-7-18-6-3-12-10-14-15(11-13(12)16)20-9-8-19-14/h10-11,17H,2-9H2,1H3. The zero-order chi connectivity index (χ0) is 14.2. The van der Waals surface area contributed by atoms with Crippen molar-refractivity contribution >= 4 is 15.9 Å². The molecule has 5 heteroatoms. The monoisotopic (exact) mass is 343 g/mol. The molecule has 1 aliphatic rings. The number of rotatable bonds is 8. The van der Waals surface area contributed by atoms with Gasteiger partial charge in [-0.2, -0.15) is 0 Å². The number of fused-ring (bicyclic) bond motifs is 1. The number of halogens is 1. The molecule has 0 aromatic heterocycles. The summed E-state index contributed by atoms with van der Waals surface area (Å²) in [5.41, 5.74) is 1.19. The highest BCUT2D eigenvalue weighted by Crippen LogP contribution is 2.35. The SMILES string of the molecule is CCCNCCOCCc1cc2c(cc1Br)OCCO2. The van der Waals surface area contributed by atoms with Crippen LogP contribution in [0, 0.1) is 0 Å². The van der Waals surface area contributed by atoms with Crippen molar-refractivity contribution in [2.45, 2.75) is 19.8 Å². The second kappa shape index (κ2) is 8.49. The van der Waals surface area contributed by atoms with Crippen LogP contribution in [0.3, 0.4) is 0 Å². The molecule has 2 rings (SSSR count). The van der Waals surface area contributed by atoms with Crippen molar-refractivity contribution in [2.24, 2.45) is 0 Å². The van der Waals surface area contributed by atoms with Crippen molar-refractivity contribution in [3.8, 4) is 11.5 Å². The Morgan fingerprint density at radius 2 is 1.90 bits per heavy atom. The maximum atomic E-state index is 5.63. The van der Waals surface area contributed by atoms with Crippen molar-refractivity contribution in [1.29, 1.82) is 0 Å². The Kier molecular flexibility index (Phi) is 6.63. The topological polar surface area (TPSA) is 39.7 Å². The highest BCUT2D eigenvalue weighted by Gasteiger charge is 2.14. The molecule has 0 fully saturated rings. The van der Waals surface area contributed by atoms with Gasteiger partial charge in [0.25, 0.3) is 0 Å². The summed E-state index contributed by atoms with van der Waals surface area (Å²) in [4.78, 5) is 0. The zero-order valence-corrected chi connectivity index (χ0v) is 13.5. The van der Waals surface area contributed by atoms with Gasteiger partial charge >= 0.3 is 0 Å². The molecule has 0 unspecified atom stereocenters. The molecule has 1 aliphatic heterocycles. The first kappa shape index (κ1) is 15.6. The van der Waals surface area contributed by atoms with Gasteiger partial charge in [0.15, 0.2) is 11.5 Å². The molecule has 1 aromatic carbocycles. The summed E-state index contributed by atoms with van der Waals surface area (Å²) in [7, 11) is 0. The zero-order valence-electron chi connectivity index (χ0n) is 11.9. The normalized spacial score (nSPS) is 13.5. The molecule has 0 aliphatic carbocycles. The maximum absolute atomic E-state index is 5.63. The maximum Gasteiger partial charge on any atom is 0.162 e. The summed E-state index contributed by atoms with van der Waals surface area (Å²) in [6, 6.07) is 4.02. The van der Waals surface area contributed by atoms with Gasteiger partial charge in [-0.05, 0) is 37.1 Å². The van der Waals surface area contributed by atoms with Gasteiger partial charge in [0.05, 0.1) is 13.2 Å². The summed E-state index contributed by atoms with van der Waals surface area (Å²) in [6.45, 7) is 6.83. The Balaban J connectivity index is 1.75. The van der Waals surface area contributed by atoms with Crippen molar-refractivity contribution in [1.82, 2.24) is 5.32 Å². The molecule has 1 aromatic rings. The van der Waals surface area contributed by atoms with E-state index in [0.717, 1.165) is 48.5 Å². The van der Waals surface area contributed by atoms with E-state index in [1.165, 1.54) is 5.56 Å². The molecule has 1 heterocycles. The Morgan fingerprint density at radius 3 is 2.65 bits per heavy atom. The van der Waals surface area contributed by atoms with Crippen LogP contribution < -0.4 is 14.8 Å². The highest BCUT2D eigenvalue weighted by molar-refractivity contribution is 9.10. The summed E-state index contributed by atoms with van der Waals surface area (Å²) in [5.74, 6) is 1.65. The summed E-state index contributed by atoms with van der Waals surface area (Å²) < 4.78 is 17.8. The first-order valence-corrected chi connectivity index (χ1v) is 7.97. The van der Waals surface area contributed by atoms with E-state index < -0.39 is 0 Å². The van der Waals surface area contributed by atoms with Crippen LogP contribution in [-0.4, -0.2) is 39.5 Å². The predicted molar refractivity (Wildman–Crippen MR) is 82.8 cm³/mol. The van der Waals surface area contributed by atoms with E-state index in [0.29, 0.717) is 19.8 Å². The molecule has 0 bridgehead atoms. The average Bonchev–Trinajstić information content (AvgIpc) is 2.46. The average molecular weight is 344 g/mol. The van der Waals surface area contributed by atoms with Crippen LogP contribution >= 0.6 is 15.9 Å². The van der Waals surface area contributed by atoms with Crippen LogP contribution in [0.5, 0.6) is 11.5 Å². The van der Waals surface area contributed by atoms with Gasteiger partial charge in [0, 0.05) is 11.0 Å². The molecule has 0 saturated heterocycles. The van der Waals surface area contributed by atoms with Crippen molar-refractivity contribution in [3.63, 3.8) is 0 Å². The van der Waals surface area contributed by atoms with E-state index in [-0.39, 0.29) is 0 Å². The molecule has 0 amide bonds. The van der Waals surface area contributed by atoms with E-state index in [1.807, 2.05) is 12.1 Å². The fourth-order valence-electron chi connectivity index (χ4n) is 2.03. The quantitative estimate of drug-likeness (QED) is 0.736. The molecule has 0 spiro atoms. The lowest BCUT2D eigenvalue weighted by Gasteiger charge is -2.20. The lowest BCUT2D eigenvalue weighted by Crippen LogP contribution is -2.20. The minimum Gasteiger partial charge on any atom is -0.486 e.